The molecule has 0 amide bonds. The number of hydrogen-bond donors (Lipinski definition) is 2. The van der Waals surface area contributed by atoms with Crippen LogP contribution in [0.3, 0.4) is 0 Å². The summed E-state index contributed by atoms with van der Waals surface area (Å²) in [5.41, 5.74) is 1.31. The third-order valence-corrected chi connectivity index (χ3v) is 8.94. The Hall–Kier alpha value is -3.12. The Labute approximate surface area is 214 Å². The van der Waals surface area contributed by atoms with E-state index in [1.807, 2.05) is 0 Å². The molecule has 3 aliphatic carbocycles. The molecule has 0 unspecified atom stereocenters. The van der Waals surface area contributed by atoms with Gasteiger partial charge in [0.2, 0.25) is 16.0 Å². The Balaban J connectivity index is 1.04. The molecule has 0 bridgehead atoms. The Morgan fingerprint density at radius 2 is 1.84 bits per heavy atom. The van der Waals surface area contributed by atoms with Crippen LogP contribution < -0.4 is 15.2 Å². The lowest BCUT2D eigenvalue weighted by Crippen LogP contribution is -2.29. The number of aromatic nitrogens is 5. The highest BCUT2D eigenvalue weighted by atomic mass is 32.2. The maximum atomic E-state index is 14.3. The topological polar surface area (TPSA) is 138 Å². The minimum absolute atomic E-state index is 0.0627. The smallest absolute Gasteiger partial charge is 0.317 e. The van der Waals surface area contributed by atoms with Gasteiger partial charge in [0, 0.05) is 23.3 Å². The molecule has 0 aliphatic heterocycles. The van der Waals surface area contributed by atoms with Crippen molar-refractivity contribution >= 4 is 21.7 Å². The second-order valence-electron chi connectivity index (χ2n) is 11.2. The van der Waals surface area contributed by atoms with E-state index in [4.69, 9.17) is 9.88 Å². The Morgan fingerprint density at radius 1 is 1.14 bits per heavy atom. The van der Waals surface area contributed by atoms with Gasteiger partial charge in [-0.25, -0.2) is 27.9 Å². The van der Waals surface area contributed by atoms with Crippen LogP contribution in [0.5, 0.6) is 6.01 Å². The normalized spacial score (nSPS) is 23.2. The highest BCUT2D eigenvalue weighted by molar-refractivity contribution is 7.89. The van der Waals surface area contributed by atoms with Gasteiger partial charge in [0.1, 0.15) is 11.6 Å². The fraction of sp³-hybridized carbons (Fsp3) is 0.520. The Bertz CT molecular complexity index is 1440. The van der Waals surface area contributed by atoms with E-state index >= 15 is 0 Å². The molecule has 6 rings (SSSR count). The monoisotopic (exact) mass is 527 g/mol. The maximum absolute atomic E-state index is 14.3. The highest BCUT2D eigenvalue weighted by Gasteiger charge is 2.51. The highest BCUT2D eigenvalue weighted by Crippen LogP contribution is 2.53. The number of anilines is 2. The van der Waals surface area contributed by atoms with Crippen LogP contribution in [-0.2, 0) is 21.0 Å². The largest absolute Gasteiger partial charge is 0.463 e. The zero-order valence-electron chi connectivity index (χ0n) is 20.8. The average molecular weight is 528 g/mol. The van der Waals surface area contributed by atoms with E-state index in [0.717, 1.165) is 56.0 Å². The van der Waals surface area contributed by atoms with Gasteiger partial charge in [-0.05, 0) is 81.0 Å². The standard InChI is InChI=1S/C25H30FN7O3S/c1-24(5-6-24)21-31-32-23(33(21)25(2)7-8-25)36-14-15-9-16(10-15)17-12-28-22(29-13-17)30-20-4-3-18(11-19(20)26)37(27,34)35/h3-4,11-13,15-16H,5-10,14H2,1-2H3,(H2,27,34,35)(H,28,29,30). The number of rotatable bonds is 9. The van der Waals surface area contributed by atoms with Gasteiger partial charge in [-0.2, -0.15) is 0 Å². The Morgan fingerprint density at radius 3 is 2.43 bits per heavy atom. The quantitative estimate of drug-likeness (QED) is 0.429. The van der Waals surface area contributed by atoms with E-state index < -0.39 is 15.8 Å². The molecule has 2 aromatic heterocycles. The van der Waals surface area contributed by atoms with Gasteiger partial charge in [0.15, 0.2) is 0 Å². The Kier molecular flexibility index (Phi) is 5.53. The van der Waals surface area contributed by atoms with Crippen molar-refractivity contribution in [2.75, 3.05) is 11.9 Å². The molecule has 3 N–H and O–H groups in total. The predicted octanol–water partition coefficient (Wildman–Crippen LogP) is 3.73. The fourth-order valence-corrected chi connectivity index (χ4v) is 5.43. The first-order valence-corrected chi connectivity index (χ1v) is 14.1. The molecule has 12 heteroatoms. The van der Waals surface area contributed by atoms with Crippen LogP contribution in [-0.4, -0.2) is 39.8 Å². The molecule has 2 heterocycles. The van der Waals surface area contributed by atoms with E-state index in [2.05, 4.69) is 43.9 Å². The number of primary sulfonamides is 1. The number of benzene rings is 1. The van der Waals surface area contributed by atoms with Gasteiger partial charge in [-0.1, -0.05) is 12.0 Å². The minimum Gasteiger partial charge on any atom is -0.463 e. The molecule has 0 radical (unpaired) electrons. The van der Waals surface area contributed by atoms with Gasteiger partial charge >= 0.3 is 6.01 Å². The summed E-state index contributed by atoms with van der Waals surface area (Å²) in [6.07, 6.45) is 9.99. The van der Waals surface area contributed by atoms with Crippen molar-refractivity contribution in [3.05, 3.63) is 47.8 Å². The first kappa shape index (κ1) is 24.2. The molecule has 0 spiro atoms. The fourth-order valence-electron chi connectivity index (χ4n) is 4.90. The molecule has 37 heavy (non-hydrogen) atoms. The van der Waals surface area contributed by atoms with Crippen molar-refractivity contribution in [2.24, 2.45) is 11.1 Å². The van der Waals surface area contributed by atoms with E-state index in [1.165, 1.54) is 12.1 Å². The number of nitrogens with one attached hydrogen (secondary N) is 1. The summed E-state index contributed by atoms with van der Waals surface area (Å²) in [7, 11) is -3.98. The van der Waals surface area contributed by atoms with Crippen LogP contribution in [0.4, 0.5) is 16.0 Å². The molecule has 3 saturated carbocycles. The number of hydrogen-bond acceptors (Lipinski definition) is 8. The zero-order chi connectivity index (χ0) is 26.0. The summed E-state index contributed by atoms with van der Waals surface area (Å²) in [5.74, 6) is 1.30. The summed E-state index contributed by atoms with van der Waals surface area (Å²) in [6.45, 7) is 5.11. The van der Waals surface area contributed by atoms with E-state index in [1.54, 1.807) is 12.4 Å². The van der Waals surface area contributed by atoms with Crippen LogP contribution in [0.15, 0.2) is 35.5 Å². The van der Waals surface area contributed by atoms with Gasteiger partial charge in [-0.15, -0.1) is 5.10 Å². The summed E-state index contributed by atoms with van der Waals surface area (Å²) >= 11 is 0. The van der Waals surface area contributed by atoms with Crippen LogP contribution >= 0.6 is 0 Å². The lowest BCUT2D eigenvalue weighted by molar-refractivity contribution is 0.141. The van der Waals surface area contributed by atoms with Gasteiger partial charge < -0.3 is 10.1 Å². The van der Waals surface area contributed by atoms with Crippen LogP contribution in [0.25, 0.3) is 0 Å². The third kappa shape index (κ3) is 4.68. The lowest BCUT2D eigenvalue weighted by Gasteiger charge is -2.35. The molecule has 0 saturated heterocycles. The van der Waals surface area contributed by atoms with E-state index in [9.17, 15) is 12.8 Å². The molecule has 1 aromatic carbocycles. The van der Waals surface area contributed by atoms with Crippen molar-refractivity contribution in [3.63, 3.8) is 0 Å². The molecule has 3 fully saturated rings. The van der Waals surface area contributed by atoms with Crippen molar-refractivity contribution in [1.29, 1.82) is 0 Å². The van der Waals surface area contributed by atoms with E-state index in [0.29, 0.717) is 24.5 Å². The van der Waals surface area contributed by atoms with Gasteiger partial charge in [0.25, 0.3) is 0 Å². The van der Waals surface area contributed by atoms with Crippen LogP contribution in [0.1, 0.15) is 69.7 Å². The molecular weight excluding hydrogens is 497 g/mol. The molecule has 196 valence electrons. The van der Waals surface area contributed by atoms with Gasteiger partial charge in [0.05, 0.1) is 17.2 Å². The maximum Gasteiger partial charge on any atom is 0.317 e. The van der Waals surface area contributed by atoms with Gasteiger partial charge in [-0.3, -0.25) is 4.57 Å². The zero-order valence-corrected chi connectivity index (χ0v) is 21.6. The SMILES string of the molecule is CC1(c2nnc(OCC3CC(c4cnc(Nc5ccc(S(N)(=O)=O)cc5F)nc4)C3)n2C2(C)CC2)CC1. The second-order valence-corrected chi connectivity index (χ2v) is 12.8. The van der Waals surface area contributed by atoms with Crippen molar-refractivity contribution in [3.8, 4) is 6.01 Å². The van der Waals surface area contributed by atoms with Crippen molar-refractivity contribution in [2.45, 2.75) is 74.1 Å². The summed E-state index contributed by atoms with van der Waals surface area (Å²) in [6, 6.07) is 4.03. The summed E-state index contributed by atoms with van der Waals surface area (Å²) in [5, 5.41) is 16.7. The molecule has 3 aromatic rings. The predicted molar refractivity (Wildman–Crippen MR) is 134 cm³/mol. The van der Waals surface area contributed by atoms with Crippen molar-refractivity contribution < 1.29 is 17.5 Å². The number of sulfonamides is 1. The molecule has 0 atom stereocenters. The third-order valence-electron chi connectivity index (χ3n) is 8.03. The van der Waals surface area contributed by atoms with Crippen LogP contribution in [0, 0.1) is 11.7 Å². The van der Waals surface area contributed by atoms with Crippen LogP contribution in [0.2, 0.25) is 0 Å². The number of nitrogens with two attached hydrogens (primary N) is 1. The first-order valence-electron chi connectivity index (χ1n) is 12.5. The molecule has 10 nitrogen and oxygen atoms in total. The lowest BCUT2D eigenvalue weighted by atomic mass is 9.72. The minimum atomic E-state index is -3.98. The molecular formula is C25H30FN7O3S. The molecule has 3 aliphatic rings. The second kappa shape index (κ2) is 8.45. The van der Waals surface area contributed by atoms with E-state index in [-0.39, 0.29) is 27.5 Å². The number of ether oxygens (including phenoxy) is 1. The summed E-state index contributed by atoms with van der Waals surface area (Å²) < 4.78 is 45.5. The number of halogens is 1. The first-order chi connectivity index (χ1) is 17.5. The number of nitrogens with zero attached hydrogens (tertiary/aromatic N) is 5. The summed E-state index contributed by atoms with van der Waals surface area (Å²) in [4.78, 5) is 8.30. The average Bonchev–Trinajstić information content (AvgIpc) is 3.71. The van der Waals surface area contributed by atoms with Crippen molar-refractivity contribution in [1.82, 2.24) is 24.7 Å².